The van der Waals surface area contributed by atoms with E-state index in [4.69, 9.17) is 0 Å². The van der Waals surface area contributed by atoms with Crippen molar-refractivity contribution >= 4 is 0 Å². The second kappa shape index (κ2) is 5.31. The molecule has 0 atom stereocenters. The molecule has 1 aromatic rings. The molecule has 1 aliphatic rings. The third kappa shape index (κ3) is 3.25. The second-order valence-corrected chi connectivity index (χ2v) is 7.36. The SMILES string of the molecule is CNCC1(c2cccc(C(F)(F)F)c2)CC(C(C)(C)C)C1. The van der Waals surface area contributed by atoms with Gasteiger partial charge in [-0.3, -0.25) is 0 Å². The van der Waals surface area contributed by atoms with E-state index in [-0.39, 0.29) is 10.8 Å². The minimum atomic E-state index is -4.27. The Morgan fingerprint density at radius 1 is 1.19 bits per heavy atom. The van der Waals surface area contributed by atoms with Crippen LogP contribution >= 0.6 is 0 Å². The summed E-state index contributed by atoms with van der Waals surface area (Å²) in [4.78, 5) is 0. The lowest BCUT2D eigenvalue weighted by Gasteiger charge is -2.53. The van der Waals surface area contributed by atoms with Gasteiger partial charge in [0.25, 0.3) is 0 Å². The summed E-state index contributed by atoms with van der Waals surface area (Å²) in [6.45, 7) is 7.33. The van der Waals surface area contributed by atoms with Gasteiger partial charge < -0.3 is 5.32 Å². The first kappa shape index (κ1) is 16.3. The van der Waals surface area contributed by atoms with E-state index in [1.807, 2.05) is 13.1 Å². The number of nitrogens with one attached hydrogen (secondary N) is 1. The van der Waals surface area contributed by atoms with Crippen LogP contribution < -0.4 is 5.32 Å². The molecule has 0 bridgehead atoms. The first-order chi connectivity index (χ1) is 9.58. The molecule has 1 saturated carbocycles. The van der Waals surface area contributed by atoms with Gasteiger partial charge in [-0.25, -0.2) is 0 Å². The molecule has 0 amide bonds. The number of benzene rings is 1. The van der Waals surface area contributed by atoms with Crippen LogP contribution in [-0.4, -0.2) is 13.6 Å². The number of rotatable bonds is 3. The average Bonchev–Trinajstić information content (AvgIpc) is 2.31. The van der Waals surface area contributed by atoms with Gasteiger partial charge in [0.15, 0.2) is 0 Å². The van der Waals surface area contributed by atoms with Gasteiger partial charge in [0, 0.05) is 12.0 Å². The first-order valence-corrected chi connectivity index (χ1v) is 7.41. The predicted octanol–water partition coefficient (Wildman–Crippen LogP) is 4.62. The minimum absolute atomic E-state index is 0.159. The van der Waals surface area contributed by atoms with Crippen molar-refractivity contribution in [3.63, 3.8) is 0 Å². The molecule has 0 radical (unpaired) electrons. The Balaban J connectivity index is 2.29. The molecular formula is C17H24F3N. The third-order valence-electron chi connectivity index (χ3n) is 4.82. The van der Waals surface area contributed by atoms with Crippen LogP contribution in [0, 0.1) is 11.3 Å². The molecule has 0 aromatic heterocycles. The van der Waals surface area contributed by atoms with Crippen molar-refractivity contribution in [1.29, 1.82) is 0 Å². The molecule has 118 valence electrons. The van der Waals surface area contributed by atoms with Crippen molar-refractivity contribution in [3.8, 4) is 0 Å². The van der Waals surface area contributed by atoms with Crippen LogP contribution in [0.5, 0.6) is 0 Å². The number of hydrogen-bond acceptors (Lipinski definition) is 1. The highest BCUT2D eigenvalue weighted by atomic mass is 19.4. The van der Waals surface area contributed by atoms with E-state index in [9.17, 15) is 13.2 Å². The summed E-state index contributed by atoms with van der Waals surface area (Å²) in [7, 11) is 1.86. The van der Waals surface area contributed by atoms with Crippen LogP contribution in [0.15, 0.2) is 24.3 Å². The Labute approximate surface area is 124 Å². The lowest BCUT2D eigenvalue weighted by Crippen LogP contribution is -2.51. The molecule has 1 N–H and O–H groups in total. The van der Waals surface area contributed by atoms with Crippen LogP contribution in [0.25, 0.3) is 0 Å². The summed E-state index contributed by atoms with van der Waals surface area (Å²) in [6, 6.07) is 5.85. The largest absolute Gasteiger partial charge is 0.416 e. The normalized spacial score (nSPS) is 26.5. The molecule has 1 nitrogen and oxygen atoms in total. The zero-order valence-electron chi connectivity index (χ0n) is 13.1. The highest BCUT2D eigenvalue weighted by molar-refractivity contribution is 5.35. The Morgan fingerprint density at radius 3 is 2.29 bits per heavy atom. The van der Waals surface area contributed by atoms with E-state index < -0.39 is 11.7 Å². The van der Waals surface area contributed by atoms with E-state index in [2.05, 4.69) is 26.1 Å². The quantitative estimate of drug-likeness (QED) is 0.859. The van der Waals surface area contributed by atoms with Gasteiger partial charge in [-0.15, -0.1) is 0 Å². The van der Waals surface area contributed by atoms with Gasteiger partial charge in [0.1, 0.15) is 0 Å². The molecule has 2 rings (SSSR count). The summed E-state index contributed by atoms with van der Waals surface area (Å²) in [6.07, 6.45) is -2.39. The summed E-state index contributed by atoms with van der Waals surface area (Å²) < 4.78 is 38.7. The predicted molar refractivity (Wildman–Crippen MR) is 79.2 cm³/mol. The smallest absolute Gasteiger partial charge is 0.319 e. The van der Waals surface area contributed by atoms with Crippen LogP contribution in [-0.2, 0) is 11.6 Å². The average molecular weight is 299 g/mol. The van der Waals surface area contributed by atoms with Gasteiger partial charge >= 0.3 is 6.18 Å². The zero-order valence-corrected chi connectivity index (χ0v) is 13.1. The number of hydrogen-bond donors (Lipinski definition) is 1. The summed E-state index contributed by atoms with van der Waals surface area (Å²) in [5, 5.41) is 3.16. The standard InChI is InChI=1S/C17H24F3N/c1-15(2,3)14-9-16(10-14,11-21-4)12-6-5-7-13(8-12)17(18,19)20/h5-8,14,21H,9-11H2,1-4H3. The highest BCUT2D eigenvalue weighted by Crippen LogP contribution is 2.54. The van der Waals surface area contributed by atoms with Gasteiger partial charge in [0.05, 0.1) is 5.56 Å². The lowest BCUT2D eigenvalue weighted by molar-refractivity contribution is -0.137. The van der Waals surface area contributed by atoms with Crippen LogP contribution in [0.1, 0.15) is 44.7 Å². The van der Waals surface area contributed by atoms with E-state index in [0.717, 1.165) is 31.0 Å². The maximum absolute atomic E-state index is 12.9. The van der Waals surface area contributed by atoms with Crippen molar-refractivity contribution in [1.82, 2.24) is 5.32 Å². The van der Waals surface area contributed by atoms with E-state index in [1.54, 1.807) is 0 Å². The summed E-state index contributed by atoms with van der Waals surface area (Å²) in [5.41, 5.74) is 0.314. The molecule has 0 spiro atoms. The van der Waals surface area contributed by atoms with Gasteiger partial charge in [0.2, 0.25) is 0 Å². The van der Waals surface area contributed by atoms with E-state index in [0.29, 0.717) is 5.92 Å². The van der Waals surface area contributed by atoms with Crippen molar-refractivity contribution < 1.29 is 13.2 Å². The zero-order chi connectivity index (χ0) is 15.9. The van der Waals surface area contributed by atoms with Crippen molar-refractivity contribution in [2.24, 2.45) is 11.3 Å². The number of likely N-dealkylation sites (N-methyl/N-ethyl adjacent to an activating group) is 1. The Hall–Kier alpha value is -1.03. The van der Waals surface area contributed by atoms with Crippen molar-refractivity contribution in [3.05, 3.63) is 35.4 Å². The molecule has 21 heavy (non-hydrogen) atoms. The van der Waals surface area contributed by atoms with Gasteiger partial charge in [-0.05, 0) is 42.9 Å². The summed E-state index contributed by atoms with van der Waals surface area (Å²) in [5.74, 6) is 0.556. The molecule has 0 aliphatic heterocycles. The Kier molecular flexibility index (Phi) is 4.13. The second-order valence-electron chi connectivity index (χ2n) is 7.36. The monoisotopic (exact) mass is 299 g/mol. The fourth-order valence-electron chi connectivity index (χ4n) is 3.34. The minimum Gasteiger partial charge on any atom is -0.319 e. The van der Waals surface area contributed by atoms with Crippen molar-refractivity contribution in [2.45, 2.75) is 45.2 Å². The number of halogens is 3. The molecule has 4 heteroatoms. The molecule has 1 aromatic carbocycles. The number of alkyl halides is 3. The lowest BCUT2D eigenvalue weighted by atomic mass is 9.52. The molecule has 0 saturated heterocycles. The van der Waals surface area contributed by atoms with Crippen LogP contribution in [0.4, 0.5) is 13.2 Å². The maximum atomic E-state index is 12.9. The highest BCUT2D eigenvalue weighted by Gasteiger charge is 2.49. The van der Waals surface area contributed by atoms with Crippen LogP contribution in [0.3, 0.4) is 0 Å². The molecule has 1 aliphatic carbocycles. The van der Waals surface area contributed by atoms with Crippen LogP contribution in [0.2, 0.25) is 0 Å². The molecule has 1 fully saturated rings. The van der Waals surface area contributed by atoms with Crippen molar-refractivity contribution in [2.75, 3.05) is 13.6 Å². The van der Waals surface area contributed by atoms with Gasteiger partial charge in [-0.2, -0.15) is 13.2 Å². The molecular weight excluding hydrogens is 275 g/mol. The topological polar surface area (TPSA) is 12.0 Å². The van der Waals surface area contributed by atoms with E-state index in [1.165, 1.54) is 12.1 Å². The molecule has 0 unspecified atom stereocenters. The molecule has 0 heterocycles. The Bertz CT molecular complexity index is 493. The van der Waals surface area contributed by atoms with E-state index >= 15 is 0 Å². The first-order valence-electron chi connectivity index (χ1n) is 7.41. The fourth-order valence-corrected chi connectivity index (χ4v) is 3.34. The maximum Gasteiger partial charge on any atom is 0.416 e. The summed E-state index contributed by atoms with van der Waals surface area (Å²) >= 11 is 0. The third-order valence-corrected chi connectivity index (χ3v) is 4.82. The van der Waals surface area contributed by atoms with Gasteiger partial charge in [-0.1, -0.05) is 39.0 Å². The Morgan fingerprint density at radius 2 is 1.81 bits per heavy atom. The fraction of sp³-hybridized carbons (Fsp3) is 0.647.